The molecular formula is C21H15Cl2N3O3. The van der Waals surface area contributed by atoms with E-state index in [1.165, 1.54) is 18.2 Å². The Kier molecular flexibility index (Phi) is 6.49. The van der Waals surface area contributed by atoms with Crippen LogP contribution in [0.2, 0.25) is 10.0 Å². The number of carbonyl (C=O) groups is 3. The van der Waals surface area contributed by atoms with Gasteiger partial charge in [-0.1, -0.05) is 35.3 Å². The van der Waals surface area contributed by atoms with E-state index in [1.807, 2.05) is 0 Å². The number of halogens is 2. The van der Waals surface area contributed by atoms with Gasteiger partial charge in [0.2, 0.25) is 0 Å². The van der Waals surface area contributed by atoms with Crippen LogP contribution in [0.15, 0.2) is 72.8 Å². The second kappa shape index (κ2) is 9.23. The third-order valence-electron chi connectivity index (χ3n) is 3.92. The van der Waals surface area contributed by atoms with E-state index >= 15 is 0 Å². The lowest BCUT2D eigenvalue weighted by Crippen LogP contribution is -2.41. The minimum absolute atomic E-state index is 0.186. The van der Waals surface area contributed by atoms with Crippen molar-refractivity contribution in [2.24, 2.45) is 0 Å². The predicted molar refractivity (Wildman–Crippen MR) is 112 cm³/mol. The fourth-order valence-electron chi connectivity index (χ4n) is 2.44. The van der Waals surface area contributed by atoms with Crippen LogP contribution in [0.25, 0.3) is 0 Å². The predicted octanol–water partition coefficient (Wildman–Crippen LogP) is 4.32. The summed E-state index contributed by atoms with van der Waals surface area (Å²) in [5.41, 5.74) is 5.86. The average Bonchev–Trinajstić information content (AvgIpc) is 2.73. The van der Waals surface area contributed by atoms with Crippen LogP contribution in [0.5, 0.6) is 0 Å². The number of para-hydroxylation sites is 1. The molecule has 3 rings (SSSR count). The van der Waals surface area contributed by atoms with E-state index in [0.29, 0.717) is 26.9 Å². The van der Waals surface area contributed by atoms with Gasteiger partial charge in [-0.2, -0.15) is 0 Å². The van der Waals surface area contributed by atoms with Gasteiger partial charge in [-0.05, 0) is 60.7 Å². The average molecular weight is 428 g/mol. The lowest BCUT2D eigenvalue weighted by Gasteiger charge is -2.12. The van der Waals surface area contributed by atoms with Crippen molar-refractivity contribution in [3.05, 3.63) is 99.5 Å². The highest BCUT2D eigenvalue weighted by molar-refractivity contribution is 6.31. The molecule has 6 nitrogen and oxygen atoms in total. The van der Waals surface area contributed by atoms with E-state index in [4.69, 9.17) is 23.2 Å². The van der Waals surface area contributed by atoms with Crippen LogP contribution < -0.4 is 16.2 Å². The summed E-state index contributed by atoms with van der Waals surface area (Å²) in [4.78, 5) is 37.0. The molecule has 29 heavy (non-hydrogen) atoms. The molecule has 3 aromatic rings. The molecule has 0 bridgehead atoms. The standard InChI is InChI=1S/C21H15Cl2N3O3/c22-15-9-5-13(6-10-15)19(27)24-18-4-2-1-3-17(18)21(29)26-25-20(28)14-7-11-16(23)12-8-14/h1-12H,(H,24,27)(H,25,28)(H,26,29). The number of amides is 3. The van der Waals surface area contributed by atoms with Gasteiger partial charge in [0, 0.05) is 21.2 Å². The normalized spacial score (nSPS) is 10.1. The third kappa shape index (κ3) is 5.34. The van der Waals surface area contributed by atoms with Gasteiger partial charge in [0.25, 0.3) is 17.7 Å². The lowest BCUT2D eigenvalue weighted by molar-refractivity contribution is 0.0847. The second-order valence-corrected chi connectivity index (χ2v) is 6.79. The van der Waals surface area contributed by atoms with Crippen LogP contribution in [0.3, 0.4) is 0 Å². The SMILES string of the molecule is O=C(NNC(=O)c1ccccc1NC(=O)c1ccc(Cl)cc1)c1ccc(Cl)cc1. The summed E-state index contributed by atoms with van der Waals surface area (Å²) in [5.74, 6) is -1.48. The monoisotopic (exact) mass is 427 g/mol. The van der Waals surface area contributed by atoms with Gasteiger partial charge >= 0.3 is 0 Å². The number of hydrazine groups is 1. The van der Waals surface area contributed by atoms with Crippen LogP contribution in [-0.4, -0.2) is 17.7 Å². The molecule has 0 radical (unpaired) electrons. The Labute approximate surface area is 176 Å². The highest BCUT2D eigenvalue weighted by Crippen LogP contribution is 2.17. The molecule has 0 heterocycles. The summed E-state index contributed by atoms with van der Waals surface area (Å²) in [6.07, 6.45) is 0. The molecule has 3 amide bonds. The Bertz CT molecular complexity index is 1050. The number of benzene rings is 3. The number of anilines is 1. The van der Waals surface area contributed by atoms with Crippen molar-refractivity contribution in [2.75, 3.05) is 5.32 Å². The molecule has 8 heteroatoms. The first-order valence-electron chi connectivity index (χ1n) is 8.46. The molecule has 0 aromatic heterocycles. The summed E-state index contributed by atoms with van der Waals surface area (Å²) in [6.45, 7) is 0. The van der Waals surface area contributed by atoms with Crippen LogP contribution in [0.4, 0.5) is 5.69 Å². The highest BCUT2D eigenvalue weighted by Gasteiger charge is 2.15. The van der Waals surface area contributed by atoms with Crippen LogP contribution >= 0.6 is 23.2 Å². The van der Waals surface area contributed by atoms with Crippen molar-refractivity contribution in [3.8, 4) is 0 Å². The smallest absolute Gasteiger partial charge is 0.271 e. The Hall–Kier alpha value is -3.35. The molecule has 0 saturated heterocycles. The quantitative estimate of drug-likeness (QED) is 0.541. The lowest BCUT2D eigenvalue weighted by atomic mass is 10.1. The second-order valence-electron chi connectivity index (χ2n) is 5.92. The van der Waals surface area contributed by atoms with Crippen LogP contribution in [0.1, 0.15) is 31.1 Å². The van der Waals surface area contributed by atoms with Gasteiger partial charge in [0.05, 0.1) is 11.3 Å². The van der Waals surface area contributed by atoms with Gasteiger partial charge < -0.3 is 5.32 Å². The molecular weight excluding hydrogens is 413 g/mol. The maximum atomic E-state index is 12.5. The fourth-order valence-corrected chi connectivity index (χ4v) is 2.69. The largest absolute Gasteiger partial charge is 0.321 e. The first-order valence-corrected chi connectivity index (χ1v) is 9.22. The van der Waals surface area contributed by atoms with Gasteiger partial charge in [0.1, 0.15) is 0 Å². The molecule has 3 N–H and O–H groups in total. The van der Waals surface area contributed by atoms with E-state index in [2.05, 4.69) is 16.2 Å². The minimum atomic E-state index is -0.584. The molecule has 0 saturated carbocycles. The first-order chi connectivity index (χ1) is 13.9. The van der Waals surface area contributed by atoms with Gasteiger partial charge in [-0.25, -0.2) is 0 Å². The van der Waals surface area contributed by atoms with E-state index in [-0.39, 0.29) is 5.56 Å². The molecule has 0 fully saturated rings. The topological polar surface area (TPSA) is 87.3 Å². The first kappa shape index (κ1) is 20.4. The van der Waals surface area contributed by atoms with Gasteiger partial charge in [-0.15, -0.1) is 0 Å². The zero-order chi connectivity index (χ0) is 20.8. The summed E-state index contributed by atoms with van der Waals surface area (Å²) in [7, 11) is 0. The Balaban J connectivity index is 1.68. The number of carbonyl (C=O) groups excluding carboxylic acids is 3. The number of hydrogen-bond donors (Lipinski definition) is 3. The molecule has 146 valence electrons. The Morgan fingerprint density at radius 2 is 1.07 bits per heavy atom. The molecule has 0 aliphatic carbocycles. The molecule has 0 aliphatic rings. The Morgan fingerprint density at radius 1 is 0.586 bits per heavy atom. The van der Waals surface area contributed by atoms with Crippen molar-refractivity contribution < 1.29 is 14.4 Å². The number of rotatable bonds is 4. The summed E-state index contributed by atoms with van der Waals surface area (Å²) in [5, 5.41) is 3.69. The number of hydrogen-bond acceptors (Lipinski definition) is 3. The number of nitrogens with one attached hydrogen (secondary N) is 3. The molecule has 0 spiro atoms. The van der Waals surface area contributed by atoms with Gasteiger partial charge in [0.15, 0.2) is 0 Å². The van der Waals surface area contributed by atoms with E-state index in [1.54, 1.807) is 54.6 Å². The molecule has 0 atom stereocenters. The maximum absolute atomic E-state index is 12.5. The zero-order valence-corrected chi connectivity index (χ0v) is 16.4. The summed E-state index contributed by atoms with van der Waals surface area (Å²) in [6, 6.07) is 19.0. The molecule has 0 aliphatic heterocycles. The van der Waals surface area contributed by atoms with Crippen LogP contribution in [0, 0.1) is 0 Å². The van der Waals surface area contributed by atoms with E-state index in [0.717, 1.165) is 0 Å². The minimum Gasteiger partial charge on any atom is -0.321 e. The summed E-state index contributed by atoms with van der Waals surface area (Å²) < 4.78 is 0. The van der Waals surface area contributed by atoms with Crippen LogP contribution in [-0.2, 0) is 0 Å². The van der Waals surface area contributed by atoms with Crippen molar-refractivity contribution in [2.45, 2.75) is 0 Å². The van der Waals surface area contributed by atoms with Crippen molar-refractivity contribution in [1.29, 1.82) is 0 Å². The van der Waals surface area contributed by atoms with Gasteiger partial charge in [-0.3, -0.25) is 25.2 Å². The Morgan fingerprint density at radius 3 is 1.66 bits per heavy atom. The third-order valence-corrected chi connectivity index (χ3v) is 4.43. The van der Waals surface area contributed by atoms with E-state index in [9.17, 15) is 14.4 Å². The maximum Gasteiger partial charge on any atom is 0.271 e. The summed E-state index contributed by atoms with van der Waals surface area (Å²) >= 11 is 11.6. The molecule has 3 aromatic carbocycles. The highest BCUT2D eigenvalue weighted by atomic mass is 35.5. The molecule has 0 unspecified atom stereocenters. The van der Waals surface area contributed by atoms with Crippen molar-refractivity contribution >= 4 is 46.6 Å². The van der Waals surface area contributed by atoms with E-state index < -0.39 is 17.7 Å². The van der Waals surface area contributed by atoms with Crippen molar-refractivity contribution in [3.63, 3.8) is 0 Å². The van der Waals surface area contributed by atoms with Crippen molar-refractivity contribution in [1.82, 2.24) is 10.9 Å². The fraction of sp³-hybridized carbons (Fsp3) is 0. The zero-order valence-electron chi connectivity index (χ0n) is 14.9.